The van der Waals surface area contributed by atoms with E-state index in [0.717, 1.165) is 28.2 Å². The SMILES string of the molecule is Cc1cc(C)c(C)c(Oc2ccc(-c3nc(C)c(C(=O)O)s3)cc2)c1. The van der Waals surface area contributed by atoms with Crippen LogP contribution in [0.4, 0.5) is 0 Å². The van der Waals surface area contributed by atoms with Gasteiger partial charge >= 0.3 is 5.97 Å². The van der Waals surface area contributed by atoms with Crippen LogP contribution in [-0.2, 0) is 0 Å². The molecule has 0 bridgehead atoms. The highest BCUT2D eigenvalue weighted by Crippen LogP contribution is 2.32. The number of aromatic carboxylic acids is 1. The number of hydrogen-bond acceptors (Lipinski definition) is 4. The molecule has 3 aromatic rings. The van der Waals surface area contributed by atoms with Crippen molar-refractivity contribution < 1.29 is 14.6 Å². The molecule has 0 aliphatic rings. The van der Waals surface area contributed by atoms with Crippen LogP contribution in [0.1, 0.15) is 32.1 Å². The highest BCUT2D eigenvalue weighted by molar-refractivity contribution is 7.17. The quantitative estimate of drug-likeness (QED) is 0.669. The van der Waals surface area contributed by atoms with E-state index in [4.69, 9.17) is 9.84 Å². The van der Waals surface area contributed by atoms with E-state index >= 15 is 0 Å². The first-order valence-corrected chi connectivity index (χ1v) is 8.73. The molecule has 0 aliphatic carbocycles. The maximum atomic E-state index is 11.2. The van der Waals surface area contributed by atoms with Crippen molar-refractivity contribution >= 4 is 17.3 Å². The molecule has 0 spiro atoms. The zero-order chi connectivity index (χ0) is 18.1. The van der Waals surface area contributed by atoms with Crippen molar-refractivity contribution in [2.75, 3.05) is 0 Å². The lowest BCUT2D eigenvalue weighted by Crippen LogP contribution is -1.94. The van der Waals surface area contributed by atoms with Crippen LogP contribution in [0.5, 0.6) is 11.5 Å². The molecule has 128 valence electrons. The van der Waals surface area contributed by atoms with Gasteiger partial charge in [0, 0.05) is 5.56 Å². The van der Waals surface area contributed by atoms with Crippen molar-refractivity contribution in [3.63, 3.8) is 0 Å². The topological polar surface area (TPSA) is 59.4 Å². The smallest absolute Gasteiger partial charge is 0.347 e. The van der Waals surface area contributed by atoms with Crippen molar-refractivity contribution in [2.24, 2.45) is 0 Å². The highest BCUT2D eigenvalue weighted by Gasteiger charge is 2.15. The van der Waals surface area contributed by atoms with E-state index in [1.165, 1.54) is 16.9 Å². The number of benzene rings is 2. The molecule has 0 atom stereocenters. The summed E-state index contributed by atoms with van der Waals surface area (Å²) in [6.07, 6.45) is 0. The Labute approximate surface area is 150 Å². The number of aromatic nitrogens is 1. The number of rotatable bonds is 4. The van der Waals surface area contributed by atoms with Gasteiger partial charge in [0.2, 0.25) is 0 Å². The lowest BCUT2D eigenvalue weighted by molar-refractivity contribution is 0.0701. The maximum absolute atomic E-state index is 11.2. The average Bonchev–Trinajstić information content (AvgIpc) is 2.95. The second-order valence-electron chi connectivity index (χ2n) is 6.07. The fourth-order valence-corrected chi connectivity index (χ4v) is 3.53. The predicted octanol–water partition coefficient (Wildman–Crippen LogP) is 5.53. The number of thiazole rings is 1. The van der Waals surface area contributed by atoms with Crippen LogP contribution in [0.25, 0.3) is 10.6 Å². The zero-order valence-corrected chi connectivity index (χ0v) is 15.4. The van der Waals surface area contributed by atoms with Crippen molar-refractivity contribution in [1.29, 1.82) is 0 Å². The molecule has 1 heterocycles. The lowest BCUT2D eigenvalue weighted by Gasteiger charge is -2.12. The van der Waals surface area contributed by atoms with Crippen LogP contribution in [0, 0.1) is 27.7 Å². The van der Waals surface area contributed by atoms with E-state index in [9.17, 15) is 4.79 Å². The molecule has 1 N–H and O–H groups in total. The van der Waals surface area contributed by atoms with Gasteiger partial charge in [-0.05, 0) is 74.7 Å². The largest absolute Gasteiger partial charge is 0.477 e. The maximum Gasteiger partial charge on any atom is 0.347 e. The van der Waals surface area contributed by atoms with E-state index in [-0.39, 0.29) is 4.88 Å². The van der Waals surface area contributed by atoms with E-state index in [1.807, 2.05) is 44.2 Å². The molecule has 5 heteroatoms. The predicted molar refractivity (Wildman–Crippen MR) is 100.0 cm³/mol. The van der Waals surface area contributed by atoms with Crippen molar-refractivity contribution in [3.8, 4) is 22.1 Å². The van der Waals surface area contributed by atoms with Gasteiger partial charge in [-0.1, -0.05) is 6.07 Å². The third-order valence-electron chi connectivity index (χ3n) is 4.08. The molecule has 1 aromatic heterocycles. The normalized spacial score (nSPS) is 10.7. The van der Waals surface area contributed by atoms with Gasteiger partial charge in [-0.2, -0.15) is 0 Å². The molecule has 0 saturated heterocycles. The Morgan fingerprint density at radius 1 is 1.08 bits per heavy atom. The molecule has 25 heavy (non-hydrogen) atoms. The molecule has 0 radical (unpaired) electrons. The number of carboxylic acids is 1. The summed E-state index contributed by atoms with van der Waals surface area (Å²) in [7, 11) is 0. The summed E-state index contributed by atoms with van der Waals surface area (Å²) in [5, 5.41) is 9.85. The van der Waals surface area contributed by atoms with Gasteiger partial charge in [-0.3, -0.25) is 0 Å². The Bertz CT molecular complexity index is 942. The molecule has 0 unspecified atom stereocenters. The Morgan fingerprint density at radius 3 is 2.36 bits per heavy atom. The Morgan fingerprint density at radius 2 is 1.76 bits per heavy atom. The monoisotopic (exact) mass is 353 g/mol. The minimum atomic E-state index is -0.938. The van der Waals surface area contributed by atoms with E-state index < -0.39 is 5.97 Å². The molecular formula is C20H19NO3S. The number of aryl methyl sites for hydroxylation is 3. The first kappa shape index (κ1) is 17.2. The minimum Gasteiger partial charge on any atom is -0.477 e. The zero-order valence-electron chi connectivity index (χ0n) is 14.6. The van der Waals surface area contributed by atoms with Crippen LogP contribution < -0.4 is 4.74 Å². The van der Waals surface area contributed by atoms with Gasteiger partial charge < -0.3 is 9.84 Å². The third kappa shape index (κ3) is 3.56. The van der Waals surface area contributed by atoms with Crippen molar-refractivity contribution in [1.82, 2.24) is 4.98 Å². The molecule has 0 fully saturated rings. The van der Waals surface area contributed by atoms with Gasteiger partial charge in [0.15, 0.2) is 0 Å². The molecule has 2 aromatic carbocycles. The van der Waals surface area contributed by atoms with Gasteiger partial charge in [0.25, 0.3) is 0 Å². The van der Waals surface area contributed by atoms with Crippen molar-refractivity contribution in [3.05, 3.63) is 63.7 Å². The summed E-state index contributed by atoms with van der Waals surface area (Å²) in [5.41, 5.74) is 4.90. The summed E-state index contributed by atoms with van der Waals surface area (Å²) in [5.74, 6) is 0.651. The van der Waals surface area contributed by atoms with Crippen LogP contribution in [0.2, 0.25) is 0 Å². The fraction of sp³-hybridized carbons (Fsp3) is 0.200. The highest BCUT2D eigenvalue weighted by atomic mass is 32.1. The number of carbonyl (C=O) groups is 1. The number of nitrogens with zero attached hydrogens (tertiary/aromatic N) is 1. The Kier molecular flexibility index (Phi) is 4.59. The molecule has 3 rings (SSSR count). The summed E-state index contributed by atoms with van der Waals surface area (Å²) < 4.78 is 6.02. The van der Waals surface area contributed by atoms with E-state index in [1.54, 1.807) is 6.92 Å². The average molecular weight is 353 g/mol. The van der Waals surface area contributed by atoms with E-state index in [2.05, 4.69) is 18.0 Å². The molecule has 4 nitrogen and oxygen atoms in total. The van der Waals surface area contributed by atoms with Gasteiger partial charge in [0.05, 0.1) is 5.69 Å². The summed E-state index contributed by atoms with van der Waals surface area (Å²) >= 11 is 1.19. The molecular weight excluding hydrogens is 334 g/mol. The summed E-state index contributed by atoms with van der Waals surface area (Å²) in [4.78, 5) is 15.8. The Hall–Kier alpha value is -2.66. The summed E-state index contributed by atoms with van der Waals surface area (Å²) in [6, 6.07) is 11.7. The number of ether oxygens (including phenoxy) is 1. The first-order valence-electron chi connectivity index (χ1n) is 7.92. The molecule has 0 aliphatic heterocycles. The molecule has 0 saturated carbocycles. The van der Waals surface area contributed by atoms with Gasteiger partial charge in [-0.15, -0.1) is 11.3 Å². The second-order valence-corrected chi connectivity index (χ2v) is 7.07. The van der Waals surface area contributed by atoms with E-state index in [0.29, 0.717) is 10.7 Å². The number of carboxylic acid groups (broad SMARTS) is 1. The first-order chi connectivity index (χ1) is 11.8. The van der Waals surface area contributed by atoms with Crippen LogP contribution in [0.15, 0.2) is 36.4 Å². The fourth-order valence-electron chi connectivity index (χ4n) is 2.62. The van der Waals surface area contributed by atoms with Crippen LogP contribution in [-0.4, -0.2) is 16.1 Å². The molecule has 0 amide bonds. The van der Waals surface area contributed by atoms with Crippen LogP contribution in [0.3, 0.4) is 0 Å². The van der Waals surface area contributed by atoms with Gasteiger partial charge in [0.1, 0.15) is 21.4 Å². The second kappa shape index (κ2) is 6.69. The minimum absolute atomic E-state index is 0.279. The van der Waals surface area contributed by atoms with Gasteiger partial charge in [-0.25, -0.2) is 9.78 Å². The Balaban J connectivity index is 1.86. The lowest BCUT2D eigenvalue weighted by atomic mass is 10.1. The summed E-state index contributed by atoms with van der Waals surface area (Å²) in [6.45, 7) is 7.88. The standard InChI is InChI=1S/C20H19NO3S/c1-11-9-12(2)13(3)17(10-11)24-16-7-5-15(6-8-16)19-21-14(4)18(25-19)20(22)23/h5-10H,1-4H3,(H,22,23). The third-order valence-corrected chi connectivity index (χ3v) is 5.28. The number of hydrogen-bond donors (Lipinski definition) is 1. The van der Waals surface area contributed by atoms with Crippen LogP contribution >= 0.6 is 11.3 Å². The van der Waals surface area contributed by atoms with Crippen molar-refractivity contribution in [2.45, 2.75) is 27.7 Å².